The largest absolute Gasteiger partial charge is 0.481 e. The maximum Gasteiger partial charge on any atom is 0.259 e. The molecule has 0 fully saturated rings. The Kier molecular flexibility index (Phi) is 6.34. The number of hydrogen-bond acceptors (Lipinski definition) is 6. The molecule has 35 heavy (non-hydrogen) atoms. The zero-order valence-electron chi connectivity index (χ0n) is 19.8. The van der Waals surface area contributed by atoms with Crippen molar-refractivity contribution in [1.82, 2.24) is 19.9 Å². The minimum atomic E-state index is -0.128. The maximum absolute atomic E-state index is 13.7. The maximum atomic E-state index is 13.7. The Bertz CT molecular complexity index is 1310. The number of benzene rings is 2. The number of pyridine rings is 1. The van der Waals surface area contributed by atoms with Gasteiger partial charge in [-0.2, -0.15) is 4.98 Å². The molecule has 0 radical (unpaired) electrons. The summed E-state index contributed by atoms with van der Waals surface area (Å²) in [5.41, 5.74) is 5.87. The summed E-state index contributed by atoms with van der Waals surface area (Å²) >= 11 is 0. The topological polar surface area (TPSA) is 83.6 Å². The molecule has 0 saturated heterocycles. The van der Waals surface area contributed by atoms with Crippen molar-refractivity contribution in [3.63, 3.8) is 0 Å². The molecule has 3 heterocycles. The fraction of sp³-hybridized carbons (Fsp3) is 0.222. The molecule has 1 aliphatic heterocycles. The molecule has 1 N–H and O–H groups in total. The van der Waals surface area contributed by atoms with Gasteiger partial charge in [-0.25, -0.2) is 4.98 Å². The van der Waals surface area contributed by atoms with Crippen LogP contribution in [0.15, 0.2) is 73.2 Å². The van der Waals surface area contributed by atoms with Crippen molar-refractivity contribution in [2.24, 2.45) is 0 Å². The third kappa shape index (κ3) is 4.68. The van der Waals surface area contributed by atoms with Crippen LogP contribution >= 0.6 is 0 Å². The first-order valence-electron chi connectivity index (χ1n) is 11.4. The lowest BCUT2D eigenvalue weighted by atomic mass is 10.0. The third-order valence-electron chi connectivity index (χ3n) is 6.20. The van der Waals surface area contributed by atoms with Gasteiger partial charge in [-0.3, -0.25) is 4.79 Å². The summed E-state index contributed by atoms with van der Waals surface area (Å²) in [5.74, 6) is 0.528. The Hall–Kier alpha value is -4.33. The van der Waals surface area contributed by atoms with Crippen LogP contribution in [0.5, 0.6) is 11.8 Å². The molecule has 2 aromatic carbocycles. The van der Waals surface area contributed by atoms with E-state index in [0.717, 1.165) is 28.1 Å². The molecule has 178 valence electrons. The minimum Gasteiger partial charge on any atom is -0.481 e. The highest BCUT2D eigenvalue weighted by atomic mass is 16.5. The Morgan fingerprint density at radius 2 is 1.86 bits per heavy atom. The quantitative estimate of drug-likeness (QED) is 0.457. The Morgan fingerprint density at radius 1 is 1.00 bits per heavy atom. The smallest absolute Gasteiger partial charge is 0.259 e. The number of carbonyl (C=O) groups excluding carboxylic acids is 1. The molecule has 1 amide bonds. The van der Waals surface area contributed by atoms with E-state index >= 15 is 0 Å². The molecule has 8 heteroatoms. The van der Waals surface area contributed by atoms with E-state index in [1.807, 2.05) is 29.3 Å². The molecular weight excluding hydrogens is 442 g/mol. The third-order valence-corrected chi connectivity index (χ3v) is 6.20. The van der Waals surface area contributed by atoms with Crippen LogP contribution in [0.4, 0.5) is 5.69 Å². The number of anilines is 1. The number of aromatic nitrogens is 3. The van der Waals surface area contributed by atoms with Gasteiger partial charge in [0.1, 0.15) is 5.56 Å². The van der Waals surface area contributed by atoms with Crippen LogP contribution in [-0.2, 0) is 13.1 Å². The van der Waals surface area contributed by atoms with Crippen LogP contribution in [-0.4, -0.2) is 53.1 Å². The van der Waals surface area contributed by atoms with Gasteiger partial charge in [0.2, 0.25) is 11.8 Å². The van der Waals surface area contributed by atoms with Gasteiger partial charge in [0.05, 0.1) is 32.8 Å². The van der Waals surface area contributed by atoms with Crippen molar-refractivity contribution in [3.8, 4) is 22.9 Å². The van der Waals surface area contributed by atoms with Crippen molar-refractivity contribution >= 4 is 11.6 Å². The summed E-state index contributed by atoms with van der Waals surface area (Å²) in [6.07, 6.45) is 3.52. The average molecular weight is 470 g/mol. The van der Waals surface area contributed by atoms with E-state index < -0.39 is 0 Å². The van der Waals surface area contributed by atoms with Gasteiger partial charge >= 0.3 is 0 Å². The van der Waals surface area contributed by atoms with Gasteiger partial charge in [-0.15, -0.1) is 0 Å². The molecule has 0 spiro atoms. The average Bonchev–Trinajstić information content (AvgIpc) is 3.36. The minimum absolute atomic E-state index is 0.128. The Labute approximate surface area is 204 Å². The summed E-state index contributed by atoms with van der Waals surface area (Å²) in [5, 5.41) is 0. The number of fused-ring (bicyclic) bond motifs is 1. The van der Waals surface area contributed by atoms with Crippen LogP contribution in [0.2, 0.25) is 0 Å². The normalized spacial score (nSPS) is 13.2. The lowest BCUT2D eigenvalue weighted by Gasteiger charge is -2.24. The number of aromatic amines is 1. The van der Waals surface area contributed by atoms with Gasteiger partial charge in [0.25, 0.3) is 5.91 Å². The first-order chi connectivity index (χ1) is 17.2. The number of H-pyrrole nitrogens is 1. The van der Waals surface area contributed by atoms with Gasteiger partial charge in [-0.05, 0) is 34.9 Å². The number of ether oxygens (including phenoxy) is 2. The first kappa shape index (κ1) is 22.5. The van der Waals surface area contributed by atoms with Crippen LogP contribution in [0.1, 0.15) is 21.6 Å². The van der Waals surface area contributed by atoms with Crippen LogP contribution < -0.4 is 14.4 Å². The SMILES string of the molecule is COc1ccc(C(=O)N2CCN(Cc3cnc[nH]3)c3ccc(-c4ccccc4)cc3C2)c(OC)n1. The van der Waals surface area contributed by atoms with E-state index in [1.54, 1.807) is 18.5 Å². The number of nitrogens with zero attached hydrogens (tertiary/aromatic N) is 4. The second kappa shape index (κ2) is 9.89. The van der Waals surface area contributed by atoms with E-state index in [-0.39, 0.29) is 11.8 Å². The summed E-state index contributed by atoms with van der Waals surface area (Å²) in [7, 11) is 3.04. The summed E-state index contributed by atoms with van der Waals surface area (Å²) in [4.78, 5) is 29.4. The Balaban J connectivity index is 1.51. The van der Waals surface area contributed by atoms with E-state index in [1.165, 1.54) is 14.2 Å². The van der Waals surface area contributed by atoms with Crippen LogP contribution in [0, 0.1) is 0 Å². The number of rotatable bonds is 6. The van der Waals surface area contributed by atoms with Crippen LogP contribution in [0.25, 0.3) is 11.1 Å². The molecule has 0 bridgehead atoms. The lowest BCUT2D eigenvalue weighted by molar-refractivity contribution is 0.0747. The zero-order valence-corrected chi connectivity index (χ0v) is 19.8. The van der Waals surface area contributed by atoms with Gasteiger partial charge in [0, 0.05) is 37.6 Å². The van der Waals surface area contributed by atoms with Gasteiger partial charge in [-0.1, -0.05) is 36.4 Å². The number of amides is 1. The number of hydrogen-bond donors (Lipinski definition) is 1. The van der Waals surface area contributed by atoms with E-state index in [9.17, 15) is 4.79 Å². The summed E-state index contributed by atoms with van der Waals surface area (Å²) in [6, 6.07) is 20.1. The lowest BCUT2D eigenvalue weighted by Crippen LogP contribution is -2.35. The molecular formula is C27H27N5O3. The van der Waals surface area contributed by atoms with E-state index in [4.69, 9.17) is 9.47 Å². The van der Waals surface area contributed by atoms with E-state index in [2.05, 4.69) is 50.2 Å². The fourth-order valence-electron chi connectivity index (χ4n) is 4.42. The molecule has 1 aliphatic rings. The molecule has 2 aromatic heterocycles. The van der Waals surface area contributed by atoms with Crippen molar-refractivity contribution in [2.75, 3.05) is 32.2 Å². The van der Waals surface area contributed by atoms with Crippen molar-refractivity contribution in [1.29, 1.82) is 0 Å². The van der Waals surface area contributed by atoms with Gasteiger partial charge < -0.3 is 24.3 Å². The number of imidazole rings is 1. The Morgan fingerprint density at radius 3 is 2.60 bits per heavy atom. The van der Waals surface area contributed by atoms with Crippen molar-refractivity contribution < 1.29 is 14.3 Å². The molecule has 0 unspecified atom stereocenters. The van der Waals surface area contributed by atoms with Gasteiger partial charge in [0.15, 0.2) is 0 Å². The highest BCUT2D eigenvalue weighted by molar-refractivity contribution is 5.96. The van der Waals surface area contributed by atoms with Crippen LogP contribution in [0.3, 0.4) is 0 Å². The first-order valence-corrected chi connectivity index (χ1v) is 11.4. The molecule has 0 saturated carbocycles. The molecule has 0 atom stereocenters. The van der Waals surface area contributed by atoms with Crippen molar-refractivity contribution in [3.05, 3.63) is 90.0 Å². The molecule has 5 rings (SSSR count). The summed E-state index contributed by atoms with van der Waals surface area (Å²) < 4.78 is 10.6. The predicted octanol–water partition coefficient (Wildman–Crippen LogP) is 4.15. The standard InChI is InChI=1S/C27H27N5O3/c1-34-25-11-9-23(26(30-25)35-2)27(33)32-13-12-31(17-22-15-28-18-29-22)24-10-8-20(14-21(24)16-32)19-6-4-3-5-7-19/h3-11,14-15,18H,12-13,16-17H2,1-2H3,(H,28,29). The highest BCUT2D eigenvalue weighted by Gasteiger charge is 2.27. The molecule has 0 aliphatic carbocycles. The highest BCUT2D eigenvalue weighted by Crippen LogP contribution is 2.32. The molecule has 4 aromatic rings. The number of nitrogens with one attached hydrogen (secondary N) is 1. The zero-order chi connectivity index (χ0) is 24.2. The fourth-order valence-corrected chi connectivity index (χ4v) is 4.42. The second-order valence-electron chi connectivity index (χ2n) is 8.35. The number of methoxy groups -OCH3 is 2. The van der Waals surface area contributed by atoms with Crippen molar-refractivity contribution in [2.45, 2.75) is 13.1 Å². The monoisotopic (exact) mass is 469 g/mol. The second-order valence-corrected chi connectivity index (χ2v) is 8.35. The predicted molar refractivity (Wildman–Crippen MR) is 134 cm³/mol. The summed E-state index contributed by atoms with van der Waals surface area (Å²) in [6.45, 7) is 2.38. The molecule has 8 nitrogen and oxygen atoms in total. The van der Waals surface area contributed by atoms with E-state index in [0.29, 0.717) is 37.6 Å². The number of carbonyl (C=O) groups is 1.